The summed E-state index contributed by atoms with van der Waals surface area (Å²) < 4.78 is 5.73. The number of hydrogen-bond donors (Lipinski definition) is 1. The molecule has 0 aliphatic rings. The number of H-pyrrole nitrogens is 1. The first kappa shape index (κ1) is 15.8. The summed E-state index contributed by atoms with van der Waals surface area (Å²) in [7, 11) is 0. The van der Waals surface area contributed by atoms with Gasteiger partial charge in [0.1, 0.15) is 18.0 Å². The number of pyridine rings is 2. The third-order valence-corrected chi connectivity index (χ3v) is 4.03. The van der Waals surface area contributed by atoms with Gasteiger partial charge in [0.2, 0.25) is 0 Å². The van der Waals surface area contributed by atoms with E-state index in [1.54, 1.807) is 30.7 Å². The Hall–Kier alpha value is -3.74. The van der Waals surface area contributed by atoms with Crippen LogP contribution in [0.15, 0.2) is 67.3 Å². The molecule has 0 radical (unpaired) electrons. The van der Waals surface area contributed by atoms with Crippen molar-refractivity contribution < 1.29 is 9.66 Å². The zero-order valence-corrected chi connectivity index (χ0v) is 13.6. The highest BCUT2D eigenvalue weighted by Crippen LogP contribution is 2.26. The van der Waals surface area contributed by atoms with Crippen molar-refractivity contribution in [1.29, 1.82) is 0 Å². The van der Waals surface area contributed by atoms with Crippen molar-refractivity contribution >= 4 is 16.7 Å². The quantitative estimate of drug-likeness (QED) is 0.433. The van der Waals surface area contributed by atoms with Crippen LogP contribution in [0, 0.1) is 10.1 Å². The fourth-order valence-electron chi connectivity index (χ4n) is 2.72. The topological polar surface area (TPSA) is 93.9 Å². The van der Waals surface area contributed by atoms with Gasteiger partial charge in [-0.1, -0.05) is 12.1 Å². The molecule has 0 fully saturated rings. The molecule has 4 aromatic rings. The lowest BCUT2D eigenvalue weighted by molar-refractivity contribution is -0.384. The number of nitrogens with zero attached hydrogens (tertiary/aromatic N) is 3. The lowest BCUT2D eigenvalue weighted by Crippen LogP contribution is -1.96. The van der Waals surface area contributed by atoms with Gasteiger partial charge in [-0.25, -0.2) is 4.98 Å². The van der Waals surface area contributed by atoms with Crippen LogP contribution in [0.3, 0.4) is 0 Å². The van der Waals surface area contributed by atoms with Crippen LogP contribution in [0.25, 0.3) is 22.2 Å². The maximum absolute atomic E-state index is 10.9. The Balaban J connectivity index is 1.61. The number of hydrogen-bond acceptors (Lipinski definition) is 5. The number of nitro benzene ring substituents is 1. The standard InChI is InChI=1S/C19H14N4O3/c24-23(25)16-4-1-5-17(8-16)26-12-15-11-22-19-18(15)7-14(10-21-19)13-3-2-6-20-9-13/h1-11H,12H2,(H,21,22). The third-order valence-electron chi connectivity index (χ3n) is 4.03. The first-order valence-electron chi connectivity index (χ1n) is 7.94. The molecule has 0 spiro atoms. The summed E-state index contributed by atoms with van der Waals surface area (Å²) in [4.78, 5) is 22.1. The van der Waals surface area contributed by atoms with Crippen LogP contribution in [-0.4, -0.2) is 19.9 Å². The average molecular weight is 346 g/mol. The van der Waals surface area contributed by atoms with Crippen LogP contribution in [0.1, 0.15) is 5.56 Å². The highest BCUT2D eigenvalue weighted by atomic mass is 16.6. The minimum atomic E-state index is -0.442. The van der Waals surface area contributed by atoms with Crippen LogP contribution in [0.4, 0.5) is 5.69 Å². The van der Waals surface area contributed by atoms with Crippen LogP contribution in [0.5, 0.6) is 5.75 Å². The number of nitrogens with one attached hydrogen (secondary N) is 1. The van der Waals surface area contributed by atoms with Crippen LogP contribution in [0.2, 0.25) is 0 Å². The summed E-state index contributed by atoms with van der Waals surface area (Å²) in [6.07, 6.45) is 7.14. The molecule has 128 valence electrons. The van der Waals surface area contributed by atoms with E-state index in [0.29, 0.717) is 5.75 Å². The first-order valence-corrected chi connectivity index (χ1v) is 7.94. The maximum atomic E-state index is 10.9. The van der Waals surface area contributed by atoms with Gasteiger partial charge < -0.3 is 9.72 Å². The average Bonchev–Trinajstić information content (AvgIpc) is 3.09. The predicted molar refractivity (Wildman–Crippen MR) is 96.8 cm³/mol. The van der Waals surface area contributed by atoms with Gasteiger partial charge in [-0.2, -0.15) is 0 Å². The van der Waals surface area contributed by atoms with E-state index >= 15 is 0 Å². The summed E-state index contributed by atoms with van der Waals surface area (Å²) >= 11 is 0. The summed E-state index contributed by atoms with van der Waals surface area (Å²) in [6.45, 7) is 0.277. The minimum absolute atomic E-state index is 0.00181. The monoisotopic (exact) mass is 346 g/mol. The molecule has 0 saturated carbocycles. The molecule has 3 heterocycles. The van der Waals surface area contributed by atoms with E-state index in [2.05, 4.69) is 15.0 Å². The van der Waals surface area contributed by atoms with Crippen molar-refractivity contribution in [3.63, 3.8) is 0 Å². The Labute approximate surface area is 148 Å². The van der Waals surface area contributed by atoms with E-state index in [0.717, 1.165) is 27.7 Å². The van der Waals surface area contributed by atoms with Gasteiger partial charge in [-0.15, -0.1) is 0 Å². The summed E-state index contributed by atoms with van der Waals surface area (Å²) in [5, 5.41) is 11.8. The van der Waals surface area contributed by atoms with Gasteiger partial charge in [0, 0.05) is 52.9 Å². The Morgan fingerprint density at radius 1 is 1.12 bits per heavy atom. The first-order chi connectivity index (χ1) is 12.7. The molecule has 3 aromatic heterocycles. The van der Waals surface area contributed by atoms with Crippen molar-refractivity contribution in [3.05, 3.63) is 82.9 Å². The van der Waals surface area contributed by atoms with E-state index in [1.165, 1.54) is 12.1 Å². The molecular formula is C19H14N4O3. The lowest BCUT2D eigenvalue weighted by atomic mass is 10.1. The minimum Gasteiger partial charge on any atom is -0.489 e. The van der Waals surface area contributed by atoms with Crippen molar-refractivity contribution in [2.75, 3.05) is 0 Å². The number of benzene rings is 1. The van der Waals surface area contributed by atoms with Gasteiger partial charge in [0.15, 0.2) is 0 Å². The molecule has 0 bridgehead atoms. The molecule has 26 heavy (non-hydrogen) atoms. The number of nitro groups is 1. The summed E-state index contributed by atoms with van der Waals surface area (Å²) in [6, 6.07) is 12.0. The summed E-state index contributed by atoms with van der Waals surface area (Å²) in [5.74, 6) is 0.449. The maximum Gasteiger partial charge on any atom is 0.273 e. The highest BCUT2D eigenvalue weighted by molar-refractivity contribution is 5.84. The Bertz CT molecular complexity index is 1080. The fraction of sp³-hybridized carbons (Fsp3) is 0.0526. The molecule has 7 heteroatoms. The van der Waals surface area contributed by atoms with E-state index < -0.39 is 4.92 Å². The molecule has 0 aliphatic carbocycles. The van der Waals surface area contributed by atoms with Gasteiger partial charge in [0.25, 0.3) is 5.69 Å². The molecule has 0 atom stereocenters. The number of non-ortho nitro benzene ring substituents is 1. The number of ether oxygens (including phenoxy) is 1. The second-order valence-corrected chi connectivity index (χ2v) is 5.72. The molecular weight excluding hydrogens is 332 g/mol. The number of fused-ring (bicyclic) bond motifs is 1. The van der Waals surface area contributed by atoms with E-state index in [1.807, 2.05) is 24.4 Å². The van der Waals surface area contributed by atoms with Crippen molar-refractivity contribution in [1.82, 2.24) is 15.0 Å². The SMILES string of the molecule is O=[N+]([O-])c1cccc(OCc2c[nH]c3ncc(-c4cccnc4)cc23)c1. The molecule has 0 saturated heterocycles. The lowest BCUT2D eigenvalue weighted by Gasteiger charge is -2.06. The largest absolute Gasteiger partial charge is 0.489 e. The molecule has 0 aliphatic heterocycles. The number of rotatable bonds is 5. The van der Waals surface area contributed by atoms with Gasteiger partial charge in [0.05, 0.1) is 11.0 Å². The zero-order chi connectivity index (χ0) is 17.9. The Morgan fingerprint density at radius 2 is 2.04 bits per heavy atom. The summed E-state index contributed by atoms with van der Waals surface area (Å²) in [5.41, 5.74) is 3.62. The molecule has 1 N–H and O–H groups in total. The van der Waals surface area contributed by atoms with Crippen LogP contribution in [-0.2, 0) is 6.61 Å². The normalized spacial score (nSPS) is 10.8. The van der Waals surface area contributed by atoms with Crippen molar-refractivity contribution in [2.24, 2.45) is 0 Å². The Kier molecular flexibility index (Phi) is 4.03. The second kappa shape index (κ2) is 6.64. The van der Waals surface area contributed by atoms with E-state index in [-0.39, 0.29) is 12.3 Å². The van der Waals surface area contributed by atoms with Crippen molar-refractivity contribution in [2.45, 2.75) is 6.61 Å². The second-order valence-electron chi connectivity index (χ2n) is 5.72. The molecule has 7 nitrogen and oxygen atoms in total. The molecule has 0 unspecified atom stereocenters. The third kappa shape index (κ3) is 3.10. The molecule has 0 amide bonds. The fourth-order valence-corrected chi connectivity index (χ4v) is 2.72. The zero-order valence-electron chi connectivity index (χ0n) is 13.6. The van der Waals surface area contributed by atoms with Crippen LogP contribution < -0.4 is 4.74 Å². The van der Waals surface area contributed by atoms with Gasteiger partial charge in [-0.05, 0) is 18.2 Å². The van der Waals surface area contributed by atoms with Crippen LogP contribution >= 0.6 is 0 Å². The predicted octanol–water partition coefficient (Wildman–Crippen LogP) is 4.11. The van der Waals surface area contributed by atoms with E-state index in [9.17, 15) is 10.1 Å². The Morgan fingerprint density at radius 3 is 2.85 bits per heavy atom. The van der Waals surface area contributed by atoms with Gasteiger partial charge in [-0.3, -0.25) is 15.1 Å². The smallest absolute Gasteiger partial charge is 0.273 e. The van der Waals surface area contributed by atoms with E-state index in [4.69, 9.17) is 4.74 Å². The van der Waals surface area contributed by atoms with Gasteiger partial charge >= 0.3 is 0 Å². The number of aromatic amines is 1. The number of aromatic nitrogens is 3. The van der Waals surface area contributed by atoms with Crippen molar-refractivity contribution in [3.8, 4) is 16.9 Å². The highest BCUT2D eigenvalue weighted by Gasteiger charge is 2.10. The molecule has 4 rings (SSSR count). The molecule has 1 aromatic carbocycles.